The van der Waals surface area contributed by atoms with E-state index in [0.717, 1.165) is 24.6 Å². The van der Waals surface area contributed by atoms with E-state index >= 15 is 0 Å². The van der Waals surface area contributed by atoms with Crippen LogP contribution in [0.4, 0.5) is 0 Å². The molecule has 2 heteroatoms. The summed E-state index contributed by atoms with van der Waals surface area (Å²) in [5, 5.41) is 0. The maximum Gasteiger partial charge on any atom is 0.109 e. The first-order valence-electron chi connectivity index (χ1n) is 6.35. The van der Waals surface area contributed by atoms with Gasteiger partial charge in [-0.2, -0.15) is 0 Å². The lowest BCUT2D eigenvalue weighted by Gasteiger charge is -2.18. The Hall–Kier alpha value is -1.57. The molecule has 0 spiro atoms. The molecule has 17 heavy (non-hydrogen) atoms. The highest BCUT2D eigenvalue weighted by Crippen LogP contribution is 2.25. The second-order valence-electron chi connectivity index (χ2n) is 5.20. The summed E-state index contributed by atoms with van der Waals surface area (Å²) in [4.78, 5) is 4.78. The molecule has 0 aliphatic carbocycles. The van der Waals surface area contributed by atoms with E-state index in [2.05, 4.69) is 48.9 Å². The van der Waals surface area contributed by atoms with Crippen LogP contribution >= 0.6 is 0 Å². The molecule has 0 bridgehead atoms. The van der Waals surface area contributed by atoms with Gasteiger partial charge < -0.3 is 4.57 Å². The number of fused-ring (bicyclic) bond motifs is 1. The van der Waals surface area contributed by atoms with Crippen molar-refractivity contribution in [2.75, 3.05) is 0 Å². The standard InChI is InChI=1S/C15H18N2/c1-11-4-3-5-13(8-11)14-10-17-7-6-12(2)9-15(17)16-14/h3-5,8,10,12H,6-7,9H2,1-2H3. The van der Waals surface area contributed by atoms with Gasteiger partial charge >= 0.3 is 0 Å². The zero-order chi connectivity index (χ0) is 11.8. The van der Waals surface area contributed by atoms with Crippen molar-refractivity contribution in [3.05, 3.63) is 41.9 Å². The van der Waals surface area contributed by atoms with Gasteiger partial charge in [-0.15, -0.1) is 0 Å². The van der Waals surface area contributed by atoms with Crippen LogP contribution in [0, 0.1) is 12.8 Å². The molecule has 1 aliphatic rings. The van der Waals surface area contributed by atoms with Crippen molar-refractivity contribution in [1.82, 2.24) is 9.55 Å². The summed E-state index contributed by atoms with van der Waals surface area (Å²) in [5.74, 6) is 2.02. The summed E-state index contributed by atoms with van der Waals surface area (Å²) >= 11 is 0. The number of benzene rings is 1. The van der Waals surface area contributed by atoms with Crippen LogP contribution in [0.2, 0.25) is 0 Å². The lowest BCUT2D eigenvalue weighted by molar-refractivity contribution is 0.409. The SMILES string of the molecule is Cc1cccc(-c2cn3c(n2)CC(C)CC3)c1. The minimum absolute atomic E-state index is 0.773. The van der Waals surface area contributed by atoms with Gasteiger partial charge in [-0.05, 0) is 25.3 Å². The van der Waals surface area contributed by atoms with E-state index in [4.69, 9.17) is 4.98 Å². The molecule has 1 unspecified atom stereocenters. The molecule has 1 aliphatic heterocycles. The normalized spacial score (nSPS) is 19.1. The van der Waals surface area contributed by atoms with E-state index < -0.39 is 0 Å². The molecule has 0 fully saturated rings. The lowest BCUT2D eigenvalue weighted by atomic mass is 10.0. The molecule has 0 amide bonds. The summed E-state index contributed by atoms with van der Waals surface area (Å²) in [7, 11) is 0. The molecule has 1 aromatic heterocycles. The van der Waals surface area contributed by atoms with E-state index in [-0.39, 0.29) is 0 Å². The Kier molecular flexibility index (Phi) is 2.50. The van der Waals surface area contributed by atoms with Gasteiger partial charge in [0.05, 0.1) is 5.69 Å². The monoisotopic (exact) mass is 226 g/mol. The van der Waals surface area contributed by atoms with Crippen LogP contribution < -0.4 is 0 Å². The first-order chi connectivity index (χ1) is 8.22. The van der Waals surface area contributed by atoms with Gasteiger partial charge in [-0.1, -0.05) is 30.7 Å². The van der Waals surface area contributed by atoms with Crippen molar-refractivity contribution in [3.8, 4) is 11.3 Å². The predicted octanol–water partition coefficient (Wildman–Crippen LogP) is 3.44. The molecule has 2 nitrogen and oxygen atoms in total. The third-order valence-corrected chi connectivity index (χ3v) is 3.57. The number of hydrogen-bond donors (Lipinski definition) is 0. The number of hydrogen-bond acceptors (Lipinski definition) is 1. The minimum Gasteiger partial charge on any atom is -0.334 e. The highest BCUT2D eigenvalue weighted by molar-refractivity contribution is 5.59. The lowest BCUT2D eigenvalue weighted by Crippen LogP contribution is -2.16. The summed E-state index contributed by atoms with van der Waals surface area (Å²) in [6.07, 6.45) is 4.60. The Bertz CT molecular complexity index is 540. The zero-order valence-electron chi connectivity index (χ0n) is 10.5. The van der Waals surface area contributed by atoms with Crippen molar-refractivity contribution < 1.29 is 0 Å². The highest BCUT2D eigenvalue weighted by atomic mass is 15.1. The van der Waals surface area contributed by atoms with Crippen molar-refractivity contribution >= 4 is 0 Å². The fourth-order valence-corrected chi connectivity index (χ4v) is 2.53. The smallest absolute Gasteiger partial charge is 0.109 e. The number of aryl methyl sites for hydroxylation is 2. The van der Waals surface area contributed by atoms with Gasteiger partial charge in [0.1, 0.15) is 5.82 Å². The topological polar surface area (TPSA) is 17.8 Å². The van der Waals surface area contributed by atoms with Crippen LogP contribution in [0.5, 0.6) is 0 Å². The average Bonchev–Trinajstić information content (AvgIpc) is 2.72. The van der Waals surface area contributed by atoms with E-state index in [1.54, 1.807) is 0 Å². The van der Waals surface area contributed by atoms with E-state index in [1.807, 2.05) is 0 Å². The van der Waals surface area contributed by atoms with Gasteiger partial charge in [0.2, 0.25) is 0 Å². The number of rotatable bonds is 1. The van der Waals surface area contributed by atoms with Gasteiger partial charge in [0.25, 0.3) is 0 Å². The first-order valence-corrected chi connectivity index (χ1v) is 6.35. The maximum atomic E-state index is 4.78. The minimum atomic E-state index is 0.773. The third-order valence-electron chi connectivity index (χ3n) is 3.57. The summed E-state index contributed by atoms with van der Waals surface area (Å²) in [6.45, 7) is 5.56. The van der Waals surface area contributed by atoms with Crippen LogP contribution in [0.25, 0.3) is 11.3 Å². The Balaban J connectivity index is 2.00. The number of nitrogens with zero attached hydrogens (tertiary/aromatic N) is 2. The van der Waals surface area contributed by atoms with Crippen molar-refractivity contribution in [2.45, 2.75) is 33.2 Å². The summed E-state index contributed by atoms with van der Waals surface area (Å²) < 4.78 is 2.32. The van der Waals surface area contributed by atoms with E-state index in [0.29, 0.717) is 0 Å². The van der Waals surface area contributed by atoms with Crippen LogP contribution in [-0.4, -0.2) is 9.55 Å². The fraction of sp³-hybridized carbons (Fsp3) is 0.400. The van der Waals surface area contributed by atoms with Crippen LogP contribution in [0.1, 0.15) is 24.7 Å². The van der Waals surface area contributed by atoms with E-state index in [9.17, 15) is 0 Å². The Labute approximate surface area is 102 Å². The van der Waals surface area contributed by atoms with Gasteiger partial charge in [0, 0.05) is 24.7 Å². The van der Waals surface area contributed by atoms with Crippen LogP contribution in [0.3, 0.4) is 0 Å². The van der Waals surface area contributed by atoms with Crippen LogP contribution in [0.15, 0.2) is 30.5 Å². The molecule has 0 radical (unpaired) electrons. The molecule has 1 aromatic carbocycles. The van der Waals surface area contributed by atoms with Gasteiger partial charge in [0.15, 0.2) is 0 Å². The maximum absolute atomic E-state index is 4.78. The molecular formula is C15H18N2. The highest BCUT2D eigenvalue weighted by Gasteiger charge is 2.17. The third kappa shape index (κ3) is 1.99. The summed E-state index contributed by atoms with van der Waals surface area (Å²) in [5.41, 5.74) is 3.65. The van der Waals surface area contributed by atoms with Crippen molar-refractivity contribution in [1.29, 1.82) is 0 Å². The molecule has 2 aromatic rings. The molecule has 0 saturated carbocycles. The molecule has 2 heterocycles. The molecular weight excluding hydrogens is 208 g/mol. The molecule has 88 valence electrons. The first kappa shape index (κ1) is 10.6. The van der Waals surface area contributed by atoms with E-state index in [1.165, 1.54) is 23.4 Å². The Morgan fingerprint density at radius 3 is 3.06 bits per heavy atom. The second-order valence-corrected chi connectivity index (χ2v) is 5.20. The van der Waals surface area contributed by atoms with Crippen molar-refractivity contribution in [2.24, 2.45) is 5.92 Å². The number of imidazole rings is 1. The molecule has 1 atom stereocenters. The molecule has 0 N–H and O–H groups in total. The molecule has 3 rings (SSSR count). The second kappa shape index (κ2) is 4.02. The zero-order valence-corrected chi connectivity index (χ0v) is 10.5. The fourth-order valence-electron chi connectivity index (χ4n) is 2.53. The van der Waals surface area contributed by atoms with Gasteiger partial charge in [-0.3, -0.25) is 0 Å². The van der Waals surface area contributed by atoms with Crippen LogP contribution in [-0.2, 0) is 13.0 Å². The van der Waals surface area contributed by atoms with Crippen molar-refractivity contribution in [3.63, 3.8) is 0 Å². The van der Waals surface area contributed by atoms with Gasteiger partial charge in [-0.25, -0.2) is 4.98 Å². The Morgan fingerprint density at radius 2 is 2.24 bits per heavy atom. The number of aromatic nitrogens is 2. The largest absolute Gasteiger partial charge is 0.334 e. The Morgan fingerprint density at radius 1 is 1.35 bits per heavy atom. The summed E-state index contributed by atoms with van der Waals surface area (Å²) in [6, 6.07) is 8.58. The molecule has 0 saturated heterocycles. The average molecular weight is 226 g/mol. The predicted molar refractivity (Wildman–Crippen MR) is 69.9 cm³/mol. The quantitative estimate of drug-likeness (QED) is 0.728.